The summed E-state index contributed by atoms with van der Waals surface area (Å²) in [7, 11) is 0. The Balaban J connectivity index is 0. The summed E-state index contributed by atoms with van der Waals surface area (Å²) in [6.45, 7) is 4.24. The summed E-state index contributed by atoms with van der Waals surface area (Å²) in [5.74, 6) is 0. The fraction of sp³-hybridized carbons (Fsp3) is 0.222. The minimum Gasteiger partial charge on any atom is -0.577 e. The van der Waals surface area contributed by atoms with Gasteiger partial charge in [-0.05, 0) is 0 Å². The van der Waals surface area contributed by atoms with Crippen LogP contribution in [0.5, 0.6) is 0 Å². The molecule has 0 radical (unpaired) electrons. The van der Waals surface area contributed by atoms with Crippen molar-refractivity contribution < 1.29 is 27.2 Å². The third-order valence-corrected chi connectivity index (χ3v) is 1.81. The van der Waals surface area contributed by atoms with Crippen LogP contribution >= 0.6 is 0 Å². The van der Waals surface area contributed by atoms with Crippen LogP contribution in [0.3, 0.4) is 0 Å². The zero-order valence-electron chi connectivity index (χ0n) is 7.81. The molecule has 14 heavy (non-hydrogen) atoms. The first-order valence-corrected chi connectivity index (χ1v) is 5.50. The molecule has 0 unspecified atom stereocenters. The molecule has 0 N–H and O–H groups in total. The van der Waals surface area contributed by atoms with Crippen molar-refractivity contribution in [3.8, 4) is 0 Å². The predicted octanol–water partition coefficient (Wildman–Crippen LogP) is 1.55. The van der Waals surface area contributed by atoms with Gasteiger partial charge in [-0.15, -0.1) is 0 Å². The number of hydrogen-bond donors (Lipinski definition) is 0. The summed E-state index contributed by atoms with van der Waals surface area (Å²) >= 11 is -1.12. The average Bonchev–Trinajstić information content (AvgIpc) is 2.57. The van der Waals surface area contributed by atoms with Crippen molar-refractivity contribution in [2.75, 3.05) is 0 Å². The van der Waals surface area contributed by atoms with Crippen LogP contribution in [0.1, 0.15) is 11.1 Å². The number of nitrogens with zero attached hydrogens (tertiary/aromatic N) is 1. The zero-order chi connectivity index (χ0) is 11.4. The summed E-state index contributed by atoms with van der Waals surface area (Å²) in [6.07, 6.45) is 0. The third-order valence-electron chi connectivity index (χ3n) is 1.40. The molecule has 74 valence electrons. The second kappa shape index (κ2) is 11.8. The Morgan fingerprint density at radius 2 is 1.86 bits per heavy atom. The van der Waals surface area contributed by atoms with E-state index >= 15 is 0 Å². The van der Waals surface area contributed by atoms with Gasteiger partial charge >= 0.3 is 35.8 Å². The van der Waals surface area contributed by atoms with Gasteiger partial charge in [-0.25, -0.2) is 12.1 Å². The molecule has 5 heteroatoms. The van der Waals surface area contributed by atoms with Gasteiger partial charge < -0.3 is 10.5 Å². The minimum atomic E-state index is -1.12. The van der Waals surface area contributed by atoms with Crippen molar-refractivity contribution in [2.24, 2.45) is 0 Å². The summed E-state index contributed by atoms with van der Waals surface area (Å²) in [4.78, 5) is 25.4. The predicted molar refractivity (Wildman–Crippen MR) is 49.6 cm³/mol. The van der Waals surface area contributed by atoms with Crippen molar-refractivity contribution >= 4 is 8.53 Å². The molecule has 0 saturated carbocycles. The van der Waals surface area contributed by atoms with Crippen molar-refractivity contribution in [3.63, 3.8) is 0 Å². The van der Waals surface area contributed by atoms with Gasteiger partial charge in [-0.1, -0.05) is 13.8 Å². The Morgan fingerprint density at radius 1 is 1.36 bits per heavy atom. The van der Waals surface area contributed by atoms with Crippen LogP contribution in [-0.2, 0) is 27.2 Å². The molecule has 1 aromatic rings. The molecule has 0 saturated heterocycles. The van der Waals surface area contributed by atoms with Gasteiger partial charge in [0.1, 0.15) is 0 Å². The third kappa shape index (κ3) is 8.89. The van der Waals surface area contributed by atoms with Gasteiger partial charge in [0.25, 0.3) is 0 Å². The standard InChI is InChI=1S/C7H9.2CO.Mo.NO/c1-6-4-3-5-7(6)2;2*1-2;;1-2/h3-5H,1-2H3;;;;/q-1;;;+2;-1. The Labute approximate surface area is 89.6 Å². The molecule has 0 heterocycles. The summed E-state index contributed by atoms with van der Waals surface area (Å²) in [5, 5.41) is 0. The molecule has 0 amide bonds. The van der Waals surface area contributed by atoms with Crippen molar-refractivity contribution in [1.29, 1.82) is 0 Å². The van der Waals surface area contributed by atoms with Crippen LogP contribution in [0.15, 0.2) is 18.2 Å². The Hall–Kier alpha value is -1.20. The van der Waals surface area contributed by atoms with E-state index in [0.29, 0.717) is 0 Å². The topological polar surface area (TPSA) is 73.5 Å². The van der Waals surface area contributed by atoms with Gasteiger partial charge in [-0.3, -0.25) is 0 Å². The van der Waals surface area contributed by atoms with E-state index in [1.807, 2.05) is 0 Å². The summed E-state index contributed by atoms with van der Waals surface area (Å²) < 4.78 is 2.95. The van der Waals surface area contributed by atoms with E-state index in [-0.39, 0.29) is 0 Å². The van der Waals surface area contributed by atoms with E-state index in [2.05, 4.69) is 32.0 Å². The van der Waals surface area contributed by atoms with Gasteiger partial charge in [0.2, 0.25) is 0 Å². The van der Waals surface area contributed by atoms with Gasteiger partial charge in [-0.2, -0.15) is 17.2 Å². The van der Waals surface area contributed by atoms with E-state index in [1.165, 1.54) is 19.7 Å². The van der Waals surface area contributed by atoms with E-state index in [0.717, 1.165) is 0 Å². The Morgan fingerprint density at radius 3 is 1.93 bits per heavy atom. The SMILES string of the molecule is Cc1ccc[c-]1C.O=[C]=[Mo+2]=[C]=O.[N-]=O. The maximum absolute atomic E-state index is 9.08. The molecule has 0 spiro atoms. The molecule has 0 bridgehead atoms. The maximum Gasteiger partial charge on any atom is -0.423 e. The minimum absolute atomic E-state index is 1.12. The quantitative estimate of drug-likeness (QED) is 0.532. The van der Waals surface area contributed by atoms with Crippen LogP contribution in [0.4, 0.5) is 0 Å². The molecule has 0 aliphatic carbocycles. The molecule has 0 aromatic heterocycles. The van der Waals surface area contributed by atoms with Crippen LogP contribution in [0.25, 0.3) is 5.59 Å². The molecule has 0 atom stereocenters. The largest absolute Gasteiger partial charge is 0.577 e. The smallest absolute Gasteiger partial charge is 0.423 e. The first-order chi connectivity index (χ1) is 6.72. The second-order valence-corrected chi connectivity index (χ2v) is 3.48. The second-order valence-electron chi connectivity index (χ2n) is 2.16. The molecule has 4 nitrogen and oxygen atoms in total. The number of hydrogen-bond acceptors (Lipinski definition) is 3. The molecule has 0 fully saturated rings. The number of nitroso groups, excluding NO2 is 1. The first-order valence-electron chi connectivity index (χ1n) is 3.49. The van der Waals surface area contributed by atoms with Crippen LogP contribution in [-0.4, -0.2) is 8.53 Å². The first kappa shape index (κ1) is 15.3. The number of rotatable bonds is 0. The summed E-state index contributed by atoms with van der Waals surface area (Å²) in [5.41, 5.74) is 8.53. The molecular weight excluding hydrogens is 266 g/mol. The van der Waals surface area contributed by atoms with E-state index in [1.54, 1.807) is 0 Å². The fourth-order valence-corrected chi connectivity index (χ4v) is 0.700. The van der Waals surface area contributed by atoms with Crippen molar-refractivity contribution in [3.05, 3.63) is 39.8 Å². The van der Waals surface area contributed by atoms with Gasteiger partial charge in [0.15, 0.2) is 0 Å². The molecule has 1 aromatic carbocycles. The molecule has 0 aliphatic heterocycles. The Bertz CT molecular complexity index is 327. The normalized spacial score (nSPS) is 6.14. The van der Waals surface area contributed by atoms with E-state index < -0.39 is 17.6 Å². The Kier molecular flexibility index (Phi) is 12.9. The average molecular weight is 275 g/mol. The number of carbonyl (C=O) groups excluding carboxylic acids is 2. The molecule has 0 aliphatic rings. The van der Waals surface area contributed by atoms with Crippen molar-refractivity contribution in [2.45, 2.75) is 13.8 Å². The van der Waals surface area contributed by atoms with Crippen LogP contribution in [0, 0.1) is 18.8 Å². The maximum atomic E-state index is 9.08. The number of aryl methyl sites for hydroxylation is 2. The molecular formula is C9H9MoNO3. The van der Waals surface area contributed by atoms with Crippen LogP contribution in [0.2, 0.25) is 0 Å². The van der Waals surface area contributed by atoms with Crippen LogP contribution < -0.4 is 0 Å². The molecule has 1 rings (SSSR count). The monoisotopic (exact) mass is 277 g/mol. The van der Waals surface area contributed by atoms with E-state index in [4.69, 9.17) is 20.1 Å². The fourth-order valence-electron chi connectivity index (χ4n) is 0.617. The summed E-state index contributed by atoms with van der Waals surface area (Å²) in [6, 6.07) is 6.31. The van der Waals surface area contributed by atoms with Gasteiger partial charge in [0, 0.05) is 0 Å². The van der Waals surface area contributed by atoms with Gasteiger partial charge in [0.05, 0.1) is 0 Å². The zero-order valence-corrected chi connectivity index (χ0v) is 9.82. The van der Waals surface area contributed by atoms with Crippen molar-refractivity contribution in [1.82, 2.24) is 0 Å². The van der Waals surface area contributed by atoms with E-state index in [9.17, 15) is 0 Å².